The summed E-state index contributed by atoms with van der Waals surface area (Å²) in [6.45, 7) is 0. The Bertz CT molecular complexity index is 307. The van der Waals surface area contributed by atoms with Gasteiger partial charge in [-0.3, -0.25) is 11.3 Å². The highest BCUT2D eigenvalue weighted by atomic mass is 79.9. The van der Waals surface area contributed by atoms with Crippen molar-refractivity contribution in [3.8, 4) is 0 Å². The van der Waals surface area contributed by atoms with Crippen LogP contribution < -0.4 is 11.3 Å². The number of rotatable bonds is 4. The topological polar surface area (TPSA) is 38.0 Å². The summed E-state index contributed by atoms with van der Waals surface area (Å²) in [4.78, 5) is 1.34. The summed E-state index contributed by atoms with van der Waals surface area (Å²) >= 11 is 5.35. The van der Waals surface area contributed by atoms with Crippen molar-refractivity contribution < 1.29 is 0 Å². The third kappa shape index (κ3) is 2.81. The van der Waals surface area contributed by atoms with Crippen molar-refractivity contribution >= 4 is 27.3 Å². The molecule has 2 nitrogen and oxygen atoms in total. The Labute approximate surface area is 103 Å². The van der Waals surface area contributed by atoms with Gasteiger partial charge >= 0.3 is 0 Å². The lowest BCUT2D eigenvalue weighted by Crippen LogP contribution is -2.29. The van der Waals surface area contributed by atoms with Crippen LogP contribution in [0.3, 0.4) is 0 Å². The van der Waals surface area contributed by atoms with Crippen LogP contribution in [-0.4, -0.2) is 0 Å². The van der Waals surface area contributed by atoms with Crippen LogP contribution in [0.15, 0.2) is 15.9 Å². The number of hydrogen-bond acceptors (Lipinski definition) is 3. The van der Waals surface area contributed by atoms with Crippen LogP contribution in [0.4, 0.5) is 0 Å². The fourth-order valence-corrected chi connectivity index (χ4v) is 4.11. The van der Waals surface area contributed by atoms with Gasteiger partial charge in [0.05, 0.1) is 6.04 Å². The molecule has 1 aromatic rings. The monoisotopic (exact) mass is 288 g/mol. The van der Waals surface area contributed by atoms with Crippen molar-refractivity contribution in [3.63, 3.8) is 0 Å². The Hall–Kier alpha value is 0.100. The fraction of sp³-hybridized carbons (Fsp3) is 0.636. The maximum Gasteiger partial charge on any atom is 0.0567 e. The van der Waals surface area contributed by atoms with Crippen molar-refractivity contribution in [1.29, 1.82) is 0 Å². The number of hydrazine groups is 1. The molecule has 1 saturated carbocycles. The normalized spacial score (nSPS) is 19.6. The smallest absolute Gasteiger partial charge is 0.0567 e. The largest absolute Gasteiger partial charge is 0.271 e. The van der Waals surface area contributed by atoms with E-state index in [1.54, 1.807) is 11.3 Å². The number of nitrogens with two attached hydrogens (primary N) is 1. The van der Waals surface area contributed by atoms with Gasteiger partial charge in [0.25, 0.3) is 0 Å². The second-order valence-electron chi connectivity index (χ2n) is 4.24. The van der Waals surface area contributed by atoms with Crippen molar-refractivity contribution in [1.82, 2.24) is 5.43 Å². The van der Waals surface area contributed by atoms with Gasteiger partial charge in [-0.1, -0.05) is 25.7 Å². The van der Waals surface area contributed by atoms with Crippen molar-refractivity contribution in [3.05, 3.63) is 20.8 Å². The average Bonchev–Trinajstić information content (AvgIpc) is 2.85. The first-order valence-corrected chi connectivity index (χ1v) is 7.17. The molecule has 15 heavy (non-hydrogen) atoms. The maximum atomic E-state index is 5.65. The molecular formula is C11H17BrN2S. The number of halogens is 1. The molecule has 0 aliphatic heterocycles. The molecule has 1 fully saturated rings. The van der Waals surface area contributed by atoms with E-state index in [9.17, 15) is 0 Å². The summed E-state index contributed by atoms with van der Waals surface area (Å²) in [6.07, 6.45) is 6.72. The van der Waals surface area contributed by atoms with Crippen LogP contribution in [0.5, 0.6) is 0 Å². The van der Waals surface area contributed by atoms with Gasteiger partial charge in [0, 0.05) is 9.35 Å². The van der Waals surface area contributed by atoms with Crippen molar-refractivity contribution in [2.75, 3.05) is 0 Å². The van der Waals surface area contributed by atoms with E-state index < -0.39 is 0 Å². The SMILES string of the molecule is NNC(CC1CCCC1)c1sccc1Br. The highest BCUT2D eigenvalue weighted by Crippen LogP contribution is 2.36. The zero-order valence-corrected chi connectivity index (χ0v) is 11.1. The molecule has 1 aliphatic carbocycles. The Kier molecular flexibility index (Phi) is 4.20. The van der Waals surface area contributed by atoms with Gasteiger partial charge in [0.1, 0.15) is 0 Å². The molecule has 0 aromatic carbocycles. The van der Waals surface area contributed by atoms with Crippen molar-refractivity contribution in [2.45, 2.75) is 38.1 Å². The average molecular weight is 289 g/mol. The molecule has 4 heteroatoms. The van der Waals surface area contributed by atoms with Crippen LogP contribution in [-0.2, 0) is 0 Å². The molecule has 0 spiro atoms. The summed E-state index contributed by atoms with van der Waals surface area (Å²) in [7, 11) is 0. The predicted molar refractivity (Wildman–Crippen MR) is 68.7 cm³/mol. The minimum Gasteiger partial charge on any atom is -0.271 e. The molecule has 1 heterocycles. The highest BCUT2D eigenvalue weighted by molar-refractivity contribution is 9.10. The zero-order valence-electron chi connectivity index (χ0n) is 8.71. The third-order valence-electron chi connectivity index (χ3n) is 3.21. The molecule has 84 valence electrons. The summed E-state index contributed by atoms with van der Waals surface area (Å²) in [5.41, 5.74) is 2.95. The molecule has 3 N–H and O–H groups in total. The van der Waals surface area contributed by atoms with E-state index in [-0.39, 0.29) is 0 Å². The molecule has 1 aliphatic rings. The number of nitrogens with one attached hydrogen (secondary N) is 1. The molecule has 2 rings (SSSR count). The Morgan fingerprint density at radius 2 is 2.27 bits per heavy atom. The number of thiophene rings is 1. The van der Waals surface area contributed by atoms with Crippen LogP contribution in [0.1, 0.15) is 43.0 Å². The first-order valence-electron chi connectivity index (χ1n) is 5.50. The second kappa shape index (κ2) is 5.43. The van der Waals surface area contributed by atoms with Gasteiger partial charge in [0.2, 0.25) is 0 Å². The van der Waals surface area contributed by atoms with Crippen LogP contribution in [0, 0.1) is 5.92 Å². The van der Waals surface area contributed by atoms with Gasteiger partial charge in [0.15, 0.2) is 0 Å². The first-order chi connectivity index (χ1) is 7.31. The minimum atomic E-state index is 0.322. The summed E-state index contributed by atoms with van der Waals surface area (Å²) in [6, 6.07) is 2.42. The molecule has 1 aromatic heterocycles. The van der Waals surface area contributed by atoms with E-state index in [1.807, 2.05) is 0 Å². The third-order valence-corrected chi connectivity index (χ3v) is 5.19. The Morgan fingerprint density at radius 1 is 1.53 bits per heavy atom. The van der Waals surface area contributed by atoms with Gasteiger partial charge in [-0.05, 0) is 39.7 Å². The van der Waals surface area contributed by atoms with Crippen LogP contribution in [0.2, 0.25) is 0 Å². The zero-order chi connectivity index (χ0) is 10.7. The van der Waals surface area contributed by atoms with Gasteiger partial charge in [-0.15, -0.1) is 11.3 Å². The molecule has 0 saturated heterocycles. The highest BCUT2D eigenvalue weighted by Gasteiger charge is 2.22. The molecule has 0 bridgehead atoms. The van der Waals surface area contributed by atoms with Gasteiger partial charge in [-0.2, -0.15) is 0 Å². The quantitative estimate of drug-likeness (QED) is 0.656. The Balaban J connectivity index is 2.00. The molecule has 1 atom stereocenters. The summed E-state index contributed by atoms with van der Waals surface area (Å²) in [5, 5.41) is 2.11. The van der Waals surface area contributed by atoms with Crippen LogP contribution in [0.25, 0.3) is 0 Å². The van der Waals surface area contributed by atoms with Gasteiger partial charge in [-0.25, -0.2) is 0 Å². The molecular weight excluding hydrogens is 272 g/mol. The molecule has 0 radical (unpaired) electrons. The van der Waals surface area contributed by atoms with E-state index in [0.717, 1.165) is 5.92 Å². The minimum absolute atomic E-state index is 0.322. The second-order valence-corrected chi connectivity index (χ2v) is 6.04. The standard InChI is InChI=1S/C11H17BrN2S/c12-9-5-6-15-11(9)10(14-13)7-8-3-1-2-4-8/h5-6,8,10,14H,1-4,7,13H2. The molecule has 1 unspecified atom stereocenters. The summed E-state index contributed by atoms with van der Waals surface area (Å²) < 4.78 is 1.19. The van der Waals surface area contributed by atoms with Crippen molar-refractivity contribution in [2.24, 2.45) is 11.8 Å². The van der Waals surface area contributed by atoms with E-state index in [4.69, 9.17) is 5.84 Å². The van der Waals surface area contributed by atoms with E-state index in [1.165, 1.54) is 41.5 Å². The fourth-order valence-electron chi connectivity index (χ4n) is 2.38. The van der Waals surface area contributed by atoms with Crippen LogP contribution >= 0.6 is 27.3 Å². The van der Waals surface area contributed by atoms with E-state index in [0.29, 0.717) is 6.04 Å². The number of hydrogen-bond donors (Lipinski definition) is 2. The predicted octanol–water partition coefficient (Wildman–Crippen LogP) is 3.60. The maximum absolute atomic E-state index is 5.65. The van der Waals surface area contributed by atoms with E-state index in [2.05, 4.69) is 32.8 Å². The molecule has 0 amide bonds. The lowest BCUT2D eigenvalue weighted by atomic mass is 9.98. The lowest BCUT2D eigenvalue weighted by Gasteiger charge is -2.19. The lowest BCUT2D eigenvalue weighted by molar-refractivity contribution is 0.403. The summed E-state index contributed by atoms with van der Waals surface area (Å²) in [5.74, 6) is 6.51. The van der Waals surface area contributed by atoms with Gasteiger partial charge < -0.3 is 0 Å². The first kappa shape index (κ1) is 11.6. The van der Waals surface area contributed by atoms with E-state index >= 15 is 0 Å². The Morgan fingerprint density at radius 3 is 2.80 bits per heavy atom.